The van der Waals surface area contributed by atoms with E-state index in [0.717, 1.165) is 6.42 Å². The Labute approximate surface area is 114 Å². The number of allylic oxidation sites excluding steroid dienone is 1. The highest BCUT2D eigenvalue weighted by Gasteiger charge is 2.35. The molecule has 1 heteroatoms. The van der Waals surface area contributed by atoms with Crippen LogP contribution in [0.15, 0.2) is 12.2 Å². The van der Waals surface area contributed by atoms with E-state index in [4.69, 9.17) is 4.74 Å². The van der Waals surface area contributed by atoms with Crippen LogP contribution in [0.1, 0.15) is 80.1 Å². The molecule has 0 N–H and O–H groups in total. The third kappa shape index (κ3) is 6.04. The van der Waals surface area contributed by atoms with E-state index >= 15 is 0 Å². The van der Waals surface area contributed by atoms with Crippen LogP contribution in [-0.4, -0.2) is 11.2 Å². The zero-order chi connectivity index (χ0) is 13.9. The Balaban J connectivity index is 2.69. The average Bonchev–Trinajstić information content (AvgIpc) is 2.13. The predicted octanol–water partition coefficient (Wildman–Crippen LogP) is 5.50. The van der Waals surface area contributed by atoms with E-state index in [-0.39, 0.29) is 16.6 Å². The van der Waals surface area contributed by atoms with Crippen LogP contribution in [0, 0.1) is 5.41 Å². The first kappa shape index (κ1) is 15.8. The van der Waals surface area contributed by atoms with Crippen LogP contribution < -0.4 is 0 Å². The van der Waals surface area contributed by atoms with E-state index < -0.39 is 0 Å². The third-order valence-electron chi connectivity index (χ3n) is 3.40. The minimum absolute atomic E-state index is 0.0348. The molecule has 0 amide bonds. The Morgan fingerprint density at radius 2 is 1.50 bits per heavy atom. The highest BCUT2D eigenvalue weighted by Crippen LogP contribution is 2.38. The summed E-state index contributed by atoms with van der Waals surface area (Å²) in [5.41, 5.74) is 0.336. The minimum Gasteiger partial charge on any atom is -0.369 e. The van der Waals surface area contributed by atoms with Crippen LogP contribution in [0.3, 0.4) is 0 Å². The van der Waals surface area contributed by atoms with Gasteiger partial charge in [0.1, 0.15) is 0 Å². The molecule has 0 saturated heterocycles. The van der Waals surface area contributed by atoms with E-state index in [9.17, 15) is 0 Å². The molecule has 0 aliphatic heterocycles. The summed E-state index contributed by atoms with van der Waals surface area (Å²) in [4.78, 5) is 0. The fourth-order valence-electron chi connectivity index (χ4n) is 2.82. The lowest BCUT2D eigenvalue weighted by Gasteiger charge is -2.42. The number of hydrogen-bond acceptors (Lipinski definition) is 1. The Kier molecular flexibility index (Phi) is 5.05. The zero-order valence-corrected chi connectivity index (χ0v) is 13.3. The van der Waals surface area contributed by atoms with Gasteiger partial charge in [-0.3, -0.25) is 0 Å². The van der Waals surface area contributed by atoms with E-state index in [1.54, 1.807) is 0 Å². The van der Waals surface area contributed by atoms with Gasteiger partial charge in [0.05, 0.1) is 11.2 Å². The second kappa shape index (κ2) is 5.77. The van der Waals surface area contributed by atoms with Gasteiger partial charge in [-0.2, -0.15) is 0 Å². The summed E-state index contributed by atoms with van der Waals surface area (Å²) >= 11 is 0. The smallest absolute Gasteiger partial charge is 0.0723 e. The van der Waals surface area contributed by atoms with Crippen molar-refractivity contribution in [2.45, 2.75) is 91.3 Å². The number of ether oxygens (including phenoxy) is 1. The van der Waals surface area contributed by atoms with Crippen LogP contribution in [0.25, 0.3) is 0 Å². The summed E-state index contributed by atoms with van der Waals surface area (Å²) in [7, 11) is 0. The van der Waals surface area contributed by atoms with Gasteiger partial charge in [-0.1, -0.05) is 52.2 Å². The fraction of sp³-hybridized carbons (Fsp3) is 0.882. The lowest BCUT2D eigenvalue weighted by Crippen LogP contribution is -2.41. The molecule has 0 bridgehead atoms. The van der Waals surface area contributed by atoms with Crippen LogP contribution in [0.4, 0.5) is 0 Å². The molecule has 0 aromatic rings. The molecule has 1 aliphatic rings. The molecular weight excluding hydrogens is 220 g/mol. The monoisotopic (exact) mass is 252 g/mol. The van der Waals surface area contributed by atoms with Crippen molar-refractivity contribution in [2.75, 3.05) is 0 Å². The second-order valence-electron chi connectivity index (χ2n) is 7.93. The highest BCUT2D eigenvalue weighted by molar-refractivity contribution is 4.99. The lowest BCUT2D eigenvalue weighted by molar-refractivity contribution is -0.146. The SMILES string of the molecule is CC(C)(C)/C=C/CC1(OC(C)(C)C)CCCCC1. The summed E-state index contributed by atoms with van der Waals surface area (Å²) in [6.45, 7) is 13.3. The van der Waals surface area contributed by atoms with Crippen molar-refractivity contribution in [3.05, 3.63) is 12.2 Å². The van der Waals surface area contributed by atoms with Crippen molar-refractivity contribution in [1.29, 1.82) is 0 Å². The predicted molar refractivity (Wildman–Crippen MR) is 79.9 cm³/mol. The molecule has 1 saturated carbocycles. The first-order valence-corrected chi connectivity index (χ1v) is 7.50. The largest absolute Gasteiger partial charge is 0.369 e. The summed E-state index contributed by atoms with van der Waals surface area (Å²) in [5, 5.41) is 0. The Morgan fingerprint density at radius 3 is 1.94 bits per heavy atom. The summed E-state index contributed by atoms with van der Waals surface area (Å²) in [5.74, 6) is 0. The van der Waals surface area contributed by atoms with Gasteiger partial charge in [-0.15, -0.1) is 0 Å². The lowest BCUT2D eigenvalue weighted by atomic mass is 9.81. The van der Waals surface area contributed by atoms with Crippen molar-refractivity contribution in [2.24, 2.45) is 5.41 Å². The molecule has 0 aromatic carbocycles. The third-order valence-corrected chi connectivity index (χ3v) is 3.40. The Bertz CT molecular complexity index is 269. The standard InChI is InChI=1S/C17H32O/c1-15(2,3)11-10-14-17(18-16(4,5)6)12-8-7-9-13-17/h10-11H,7-9,12-14H2,1-6H3/b11-10+. The number of hydrogen-bond donors (Lipinski definition) is 0. The molecule has 106 valence electrons. The van der Waals surface area contributed by atoms with Gasteiger partial charge in [0.2, 0.25) is 0 Å². The molecule has 1 nitrogen and oxygen atoms in total. The summed E-state index contributed by atoms with van der Waals surface area (Å²) < 4.78 is 6.43. The molecule has 0 spiro atoms. The minimum atomic E-state index is -0.0348. The zero-order valence-electron chi connectivity index (χ0n) is 13.3. The fourth-order valence-corrected chi connectivity index (χ4v) is 2.82. The van der Waals surface area contributed by atoms with E-state index in [1.165, 1.54) is 32.1 Å². The van der Waals surface area contributed by atoms with Gasteiger partial charge in [-0.05, 0) is 45.4 Å². The first-order valence-electron chi connectivity index (χ1n) is 7.50. The van der Waals surface area contributed by atoms with Gasteiger partial charge in [0, 0.05) is 0 Å². The van der Waals surface area contributed by atoms with Crippen molar-refractivity contribution in [3.63, 3.8) is 0 Å². The Morgan fingerprint density at radius 1 is 0.944 bits per heavy atom. The molecule has 0 atom stereocenters. The second-order valence-corrected chi connectivity index (χ2v) is 7.93. The molecular formula is C17H32O. The molecule has 1 rings (SSSR count). The number of rotatable bonds is 3. The van der Waals surface area contributed by atoms with Crippen LogP contribution in [0.2, 0.25) is 0 Å². The maximum Gasteiger partial charge on any atom is 0.0723 e. The van der Waals surface area contributed by atoms with Crippen molar-refractivity contribution < 1.29 is 4.74 Å². The van der Waals surface area contributed by atoms with Crippen LogP contribution in [0.5, 0.6) is 0 Å². The van der Waals surface area contributed by atoms with Crippen molar-refractivity contribution >= 4 is 0 Å². The first-order chi connectivity index (χ1) is 8.12. The molecule has 0 radical (unpaired) electrons. The molecule has 0 unspecified atom stereocenters. The Hall–Kier alpha value is -0.300. The molecule has 18 heavy (non-hydrogen) atoms. The topological polar surface area (TPSA) is 9.23 Å². The summed E-state index contributed by atoms with van der Waals surface area (Å²) in [6, 6.07) is 0. The van der Waals surface area contributed by atoms with Crippen molar-refractivity contribution in [3.8, 4) is 0 Å². The highest BCUT2D eigenvalue weighted by atomic mass is 16.5. The van der Waals surface area contributed by atoms with Gasteiger partial charge >= 0.3 is 0 Å². The van der Waals surface area contributed by atoms with Gasteiger partial charge < -0.3 is 4.74 Å². The molecule has 0 heterocycles. The summed E-state index contributed by atoms with van der Waals surface area (Å²) in [6.07, 6.45) is 12.2. The van der Waals surface area contributed by atoms with Gasteiger partial charge in [0.25, 0.3) is 0 Å². The molecule has 1 aliphatic carbocycles. The quantitative estimate of drug-likeness (QED) is 0.603. The maximum absolute atomic E-state index is 6.43. The molecule has 0 aromatic heterocycles. The van der Waals surface area contributed by atoms with Gasteiger partial charge in [0.15, 0.2) is 0 Å². The maximum atomic E-state index is 6.43. The van der Waals surface area contributed by atoms with E-state index in [0.29, 0.717) is 0 Å². The molecule has 1 fully saturated rings. The van der Waals surface area contributed by atoms with E-state index in [1.807, 2.05) is 0 Å². The average molecular weight is 252 g/mol. The van der Waals surface area contributed by atoms with E-state index in [2.05, 4.69) is 53.7 Å². The normalized spacial score (nSPS) is 21.4. The van der Waals surface area contributed by atoms with Crippen molar-refractivity contribution in [1.82, 2.24) is 0 Å². The van der Waals surface area contributed by atoms with Crippen LogP contribution in [-0.2, 0) is 4.74 Å². The van der Waals surface area contributed by atoms with Gasteiger partial charge in [-0.25, -0.2) is 0 Å². The van der Waals surface area contributed by atoms with Crippen LogP contribution >= 0.6 is 0 Å².